The fourth-order valence-corrected chi connectivity index (χ4v) is 3.17. The van der Waals surface area contributed by atoms with E-state index in [0.29, 0.717) is 30.2 Å². The molecule has 118 valence electrons. The van der Waals surface area contributed by atoms with E-state index in [1.165, 1.54) is 6.07 Å². The van der Waals surface area contributed by atoms with Crippen molar-refractivity contribution >= 4 is 11.6 Å². The molecule has 0 saturated carbocycles. The highest BCUT2D eigenvalue weighted by Gasteiger charge is 2.40. The first-order chi connectivity index (χ1) is 9.92. The molecule has 0 bridgehead atoms. The van der Waals surface area contributed by atoms with E-state index >= 15 is 0 Å². The number of hydrogen-bond donors (Lipinski definition) is 2. The van der Waals surface area contributed by atoms with Crippen molar-refractivity contribution in [2.24, 2.45) is 5.92 Å². The number of nitrogens with one attached hydrogen (secondary N) is 1. The zero-order valence-corrected chi connectivity index (χ0v) is 13.3. The minimum atomic E-state index is -1.13. The van der Waals surface area contributed by atoms with E-state index in [0.717, 1.165) is 6.54 Å². The van der Waals surface area contributed by atoms with Crippen LogP contribution in [0.3, 0.4) is 0 Å². The van der Waals surface area contributed by atoms with Crippen molar-refractivity contribution in [1.29, 1.82) is 0 Å². The van der Waals surface area contributed by atoms with Gasteiger partial charge in [0.25, 0.3) is 0 Å². The first-order valence-electron chi connectivity index (χ1n) is 7.40. The molecular weight excluding hydrogens is 293 g/mol. The standard InChI is InChI=1S/C16H23ClFNO2/c1-11(2)8-16(20,15-10-19-6-7-21-15)9-12-13(17)4-3-5-14(12)18/h3-5,11,15,19-20H,6-10H2,1-2H3. The maximum Gasteiger partial charge on any atom is 0.127 e. The van der Waals surface area contributed by atoms with Gasteiger partial charge in [0.15, 0.2) is 0 Å². The summed E-state index contributed by atoms with van der Waals surface area (Å²) in [4.78, 5) is 0. The van der Waals surface area contributed by atoms with Crippen LogP contribution in [-0.2, 0) is 11.2 Å². The van der Waals surface area contributed by atoms with E-state index in [1.807, 2.05) is 13.8 Å². The summed E-state index contributed by atoms with van der Waals surface area (Å²) in [6, 6.07) is 4.59. The van der Waals surface area contributed by atoms with Crippen molar-refractivity contribution in [3.05, 3.63) is 34.6 Å². The van der Waals surface area contributed by atoms with E-state index in [2.05, 4.69) is 5.32 Å². The third-order valence-corrected chi connectivity index (χ3v) is 4.19. The minimum absolute atomic E-state index is 0.156. The number of rotatable bonds is 5. The van der Waals surface area contributed by atoms with Crippen molar-refractivity contribution in [3.8, 4) is 0 Å². The summed E-state index contributed by atoms with van der Waals surface area (Å²) in [6.45, 7) is 5.95. The van der Waals surface area contributed by atoms with E-state index in [9.17, 15) is 9.50 Å². The van der Waals surface area contributed by atoms with Gasteiger partial charge >= 0.3 is 0 Å². The van der Waals surface area contributed by atoms with Gasteiger partial charge in [-0.3, -0.25) is 0 Å². The van der Waals surface area contributed by atoms with Gasteiger partial charge in [-0.15, -0.1) is 0 Å². The Morgan fingerprint density at radius 1 is 1.52 bits per heavy atom. The zero-order valence-electron chi connectivity index (χ0n) is 12.5. The smallest absolute Gasteiger partial charge is 0.127 e. The van der Waals surface area contributed by atoms with Crippen molar-refractivity contribution in [1.82, 2.24) is 5.32 Å². The Labute approximate surface area is 130 Å². The van der Waals surface area contributed by atoms with E-state index in [-0.39, 0.29) is 24.3 Å². The molecule has 0 aromatic heterocycles. The van der Waals surface area contributed by atoms with E-state index in [4.69, 9.17) is 16.3 Å². The normalized spacial score (nSPS) is 22.3. The highest BCUT2D eigenvalue weighted by molar-refractivity contribution is 6.31. The lowest BCUT2D eigenvalue weighted by Crippen LogP contribution is -2.55. The van der Waals surface area contributed by atoms with Crippen LogP contribution in [0.2, 0.25) is 5.02 Å². The molecule has 3 nitrogen and oxygen atoms in total. The summed E-state index contributed by atoms with van der Waals surface area (Å²) >= 11 is 6.10. The van der Waals surface area contributed by atoms with Gasteiger partial charge in [0.05, 0.1) is 18.3 Å². The van der Waals surface area contributed by atoms with Crippen LogP contribution in [0.5, 0.6) is 0 Å². The molecule has 0 aliphatic carbocycles. The molecule has 1 aliphatic heterocycles. The molecule has 1 saturated heterocycles. The third-order valence-electron chi connectivity index (χ3n) is 3.83. The Hall–Kier alpha value is -0.680. The maximum atomic E-state index is 14.0. The van der Waals surface area contributed by atoms with E-state index in [1.54, 1.807) is 12.1 Å². The second kappa shape index (κ2) is 7.05. The Kier molecular flexibility index (Phi) is 5.60. The molecule has 5 heteroatoms. The number of halogens is 2. The van der Waals surface area contributed by atoms with Crippen LogP contribution in [-0.4, -0.2) is 36.5 Å². The first-order valence-corrected chi connectivity index (χ1v) is 7.78. The average molecular weight is 316 g/mol. The van der Waals surface area contributed by atoms with Crippen molar-refractivity contribution in [2.45, 2.75) is 38.4 Å². The first kappa shape index (κ1) is 16.7. The van der Waals surface area contributed by atoms with Crippen LogP contribution in [0.1, 0.15) is 25.8 Å². The fourth-order valence-electron chi connectivity index (χ4n) is 2.94. The minimum Gasteiger partial charge on any atom is -0.387 e. The van der Waals surface area contributed by atoms with Crippen LogP contribution in [0.15, 0.2) is 18.2 Å². The Balaban J connectivity index is 2.27. The topological polar surface area (TPSA) is 41.5 Å². The second-order valence-electron chi connectivity index (χ2n) is 6.14. The average Bonchev–Trinajstić information content (AvgIpc) is 2.43. The second-order valence-corrected chi connectivity index (χ2v) is 6.55. The van der Waals surface area contributed by atoms with Crippen LogP contribution in [0.25, 0.3) is 0 Å². The zero-order chi connectivity index (χ0) is 15.5. The Bertz CT molecular complexity index is 457. The summed E-state index contributed by atoms with van der Waals surface area (Å²) in [6.07, 6.45) is 0.330. The summed E-state index contributed by atoms with van der Waals surface area (Å²) in [5.41, 5.74) is -0.774. The summed E-state index contributed by atoms with van der Waals surface area (Å²) in [5.74, 6) is -0.112. The molecule has 2 rings (SSSR count). The van der Waals surface area contributed by atoms with Gasteiger partial charge < -0.3 is 15.2 Å². The van der Waals surface area contributed by atoms with Crippen molar-refractivity contribution in [2.75, 3.05) is 19.7 Å². The van der Waals surface area contributed by atoms with E-state index < -0.39 is 5.60 Å². The van der Waals surface area contributed by atoms with Gasteiger partial charge in [0, 0.05) is 30.1 Å². The number of hydrogen-bond acceptors (Lipinski definition) is 3. The summed E-state index contributed by atoms with van der Waals surface area (Å²) < 4.78 is 19.8. The van der Waals surface area contributed by atoms with Gasteiger partial charge in [-0.2, -0.15) is 0 Å². The van der Waals surface area contributed by atoms with Crippen LogP contribution in [0, 0.1) is 11.7 Å². The predicted molar refractivity (Wildman–Crippen MR) is 82.1 cm³/mol. The molecule has 0 spiro atoms. The molecule has 2 N–H and O–H groups in total. The number of benzene rings is 1. The lowest BCUT2D eigenvalue weighted by atomic mass is 9.81. The molecule has 1 aromatic carbocycles. The Morgan fingerprint density at radius 2 is 2.29 bits per heavy atom. The lowest BCUT2D eigenvalue weighted by Gasteiger charge is -2.40. The molecule has 1 heterocycles. The van der Waals surface area contributed by atoms with Gasteiger partial charge in [0.2, 0.25) is 0 Å². The van der Waals surface area contributed by atoms with Crippen LogP contribution < -0.4 is 5.32 Å². The lowest BCUT2D eigenvalue weighted by molar-refractivity contribution is -0.127. The van der Waals surface area contributed by atoms with Gasteiger partial charge in [0.1, 0.15) is 5.82 Å². The maximum absolute atomic E-state index is 14.0. The highest BCUT2D eigenvalue weighted by atomic mass is 35.5. The highest BCUT2D eigenvalue weighted by Crippen LogP contribution is 2.31. The molecule has 21 heavy (non-hydrogen) atoms. The number of aliphatic hydroxyl groups is 1. The molecule has 0 amide bonds. The SMILES string of the molecule is CC(C)CC(O)(Cc1c(F)cccc1Cl)C1CNCCO1. The molecule has 2 unspecified atom stereocenters. The number of ether oxygens (including phenoxy) is 1. The molecule has 2 atom stereocenters. The molecule has 0 radical (unpaired) electrons. The summed E-state index contributed by atoms with van der Waals surface area (Å²) in [5, 5.41) is 14.7. The summed E-state index contributed by atoms with van der Waals surface area (Å²) in [7, 11) is 0. The monoisotopic (exact) mass is 315 g/mol. The van der Waals surface area contributed by atoms with Crippen molar-refractivity contribution < 1.29 is 14.2 Å². The van der Waals surface area contributed by atoms with Gasteiger partial charge in [-0.1, -0.05) is 31.5 Å². The predicted octanol–water partition coefficient (Wildman–Crippen LogP) is 2.79. The van der Waals surface area contributed by atoms with Gasteiger partial charge in [-0.05, 0) is 24.5 Å². The van der Waals surface area contributed by atoms with Crippen LogP contribution >= 0.6 is 11.6 Å². The van der Waals surface area contributed by atoms with Crippen LogP contribution in [0.4, 0.5) is 4.39 Å². The molecular formula is C16H23ClFNO2. The third kappa shape index (κ3) is 4.16. The molecule has 1 aliphatic rings. The largest absolute Gasteiger partial charge is 0.387 e. The molecule has 1 aromatic rings. The quantitative estimate of drug-likeness (QED) is 0.878. The van der Waals surface area contributed by atoms with Crippen molar-refractivity contribution in [3.63, 3.8) is 0 Å². The molecule has 1 fully saturated rings. The van der Waals surface area contributed by atoms with Gasteiger partial charge in [-0.25, -0.2) is 4.39 Å². The number of morpholine rings is 1. The fraction of sp³-hybridized carbons (Fsp3) is 0.625. The Morgan fingerprint density at radius 3 is 2.86 bits per heavy atom.